The van der Waals surface area contributed by atoms with Gasteiger partial charge in [-0.1, -0.05) is 17.7 Å². The van der Waals surface area contributed by atoms with Crippen molar-refractivity contribution in [1.82, 2.24) is 0 Å². The molecule has 0 saturated carbocycles. The first-order valence-corrected chi connectivity index (χ1v) is 6.11. The van der Waals surface area contributed by atoms with Gasteiger partial charge in [-0.3, -0.25) is 0 Å². The van der Waals surface area contributed by atoms with Gasteiger partial charge in [0.1, 0.15) is 5.82 Å². The maximum Gasteiger partial charge on any atom is 0.194 e. The minimum Gasteiger partial charge on any atom is -0.324 e. The zero-order chi connectivity index (χ0) is 14.9. The largest absolute Gasteiger partial charge is 0.324 e. The van der Waals surface area contributed by atoms with Gasteiger partial charge in [0.25, 0.3) is 0 Å². The van der Waals surface area contributed by atoms with Gasteiger partial charge < -0.3 is 5.73 Å². The first-order valence-electron chi connectivity index (χ1n) is 5.73. The molecule has 0 bridgehead atoms. The maximum absolute atomic E-state index is 13.6. The van der Waals surface area contributed by atoms with Crippen molar-refractivity contribution in [3.63, 3.8) is 0 Å². The van der Waals surface area contributed by atoms with Crippen LogP contribution in [0.2, 0.25) is 5.02 Å². The highest BCUT2D eigenvalue weighted by molar-refractivity contribution is 6.31. The van der Waals surface area contributed by atoms with Gasteiger partial charge in [-0.2, -0.15) is 0 Å². The van der Waals surface area contributed by atoms with Crippen LogP contribution in [-0.4, -0.2) is 0 Å². The van der Waals surface area contributed by atoms with E-state index in [0.29, 0.717) is 5.56 Å². The Morgan fingerprint density at radius 1 is 1.00 bits per heavy atom. The summed E-state index contributed by atoms with van der Waals surface area (Å²) in [6.07, 6.45) is -0.00140. The molecule has 0 fully saturated rings. The average Bonchev–Trinajstić information content (AvgIpc) is 2.40. The smallest absolute Gasteiger partial charge is 0.194 e. The van der Waals surface area contributed by atoms with Crippen molar-refractivity contribution in [2.75, 3.05) is 0 Å². The van der Waals surface area contributed by atoms with Crippen LogP contribution < -0.4 is 5.73 Å². The molecule has 0 amide bonds. The standard InChI is InChI=1S/C14H10ClF4N/c15-10-3-1-8(16)5-7(10)6-12(20)9-2-4-11(17)14(19)13(9)18/h1-5,12H,6,20H2. The third-order valence-corrected chi connectivity index (χ3v) is 3.28. The summed E-state index contributed by atoms with van der Waals surface area (Å²) >= 11 is 5.87. The second kappa shape index (κ2) is 5.81. The van der Waals surface area contributed by atoms with Gasteiger partial charge in [0.15, 0.2) is 17.5 Å². The molecule has 2 rings (SSSR count). The van der Waals surface area contributed by atoms with Crippen LogP contribution in [0.25, 0.3) is 0 Å². The monoisotopic (exact) mass is 303 g/mol. The fourth-order valence-electron chi connectivity index (χ4n) is 1.87. The van der Waals surface area contributed by atoms with E-state index >= 15 is 0 Å². The molecular weight excluding hydrogens is 294 g/mol. The fourth-order valence-corrected chi connectivity index (χ4v) is 2.07. The summed E-state index contributed by atoms with van der Waals surface area (Å²) < 4.78 is 52.7. The molecule has 0 aliphatic rings. The minimum absolute atomic E-state index is 0.00140. The van der Waals surface area contributed by atoms with Crippen molar-refractivity contribution in [2.45, 2.75) is 12.5 Å². The highest BCUT2D eigenvalue weighted by Crippen LogP contribution is 2.26. The fraction of sp³-hybridized carbons (Fsp3) is 0.143. The lowest BCUT2D eigenvalue weighted by molar-refractivity contribution is 0.435. The summed E-state index contributed by atoms with van der Waals surface area (Å²) in [4.78, 5) is 0. The van der Waals surface area contributed by atoms with Crippen molar-refractivity contribution in [3.05, 3.63) is 69.8 Å². The van der Waals surface area contributed by atoms with Crippen LogP contribution in [0.4, 0.5) is 17.6 Å². The van der Waals surface area contributed by atoms with Crippen LogP contribution in [0.5, 0.6) is 0 Å². The lowest BCUT2D eigenvalue weighted by Crippen LogP contribution is -2.16. The third-order valence-electron chi connectivity index (χ3n) is 2.91. The van der Waals surface area contributed by atoms with Crippen LogP contribution in [0.1, 0.15) is 17.2 Å². The van der Waals surface area contributed by atoms with Gasteiger partial charge in [-0.15, -0.1) is 0 Å². The molecule has 2 aromatic rings. The van der Waals surface area contributed by atoms with Gasteiger partial charge in [0, 0.05) is 16.6 Å². The van der Waals surface area contributed by atoms with E-state index in [1.807, 2.05) is 0 Å². The number of hydrogen-bond donors (Lipinski definition) is 1. The summed E-state index contributed by atoms with van der Waals surface area (Å²) in [5.74, 6) is -4.72. The highest BCUT2D eigenvalue weighted by Gasteiger charge is 2.19. The second-order valence-corrected chi connectivity index (χ2v) is 4.72. The SMILES string of the molecule is NC(Cc1cc(F)ccc1Cl)c1ccc(F)c(F)c1F. The van der Waals surface area contributed by atoms with E-state index in [2.05, 4.69) is 0 Å². The van der Waals surface area contributed by atoms with Crippen LogP contribution in [0.15, 0.2) is 30.3 Å². The van der Waals surface area contributed by atoms with E-state index < -0.39 is 29.3 Å². The predicted octanol–water partition coefficient (Wildman–Crippen LogP) is 4.14. The van der Waals surface area contributed by atoms with Crippen molar-refractivity contribution < 1.29 is 17.6 Å². The van der Waals surface area contributed by atoms with Crippen molar-refractivity contribution in [2.24, 2.45) is 5.73 Å². The Morgan fingerprint density at radius 2 is 1.70 bits per heavy atom. The molecule has 0 aliphatic carbocycles. The molecule has 106 valence electrons. The Bertz CT molecular complexity index is 645. The first kappa shape index (κ1) is 14.8. The summed E-state index contributed by atoms with van der Waals surface area (Å²) in [6.45, 7) is 0. The number of hydrogen-bond acceptors (Lipinski definition) is 1. The Labute approximate surface area is 118 Å². The van der Waals surface area contributed by atoms with E-state index in [1.54, 1.807) is 0 Å². The zero-order valence-electron chi connectivity index (χ0n) is 10.1. The topological polar surface area (TPSA) is 26.0 Å². The molecule has 2 N–H and O–H groups in total. The number of rotatable bonds is 3. The van der Waals surface area contributed by atoms with Crippen LogP contribution in [0.3, 0.4) is 0 Å². The molecule has 1 nitrogen and oxygen atoms in total. The Kier molecular flexibility index (Phi) is 4.30. The molecule has 6 heteroatoms. The van der Waals surface area contributed by atoms with Crippen molar-refractivity contribution >= 4 is 11.6 Å². The lowest BCUT2D eigenvalue weighted by Gasteiger charge is -2.14. The molecular formula is C14H10ClF4N. The van der Waals surface area contributed by atoms with Gasteiger partial charge in [-0.25, -0.2) is 17.6 Å². The Balaban J connectivity index is 2.31. The summed E-state index contributed by atoms with van der Waals surface area (Å²) in [7, 11) is 0. The lowest BCUT2D eigenvalue weighted by atomic mass is 9.99. The molecule has 0 aromatic heterocycles. The molecule has 1 atom stereocenters. The molecule has 0 aliphatic heterocycles. The molecule has 1 unspecified atom stereocenters. The predicted molar refractivity (Wildman–Crippen MR) is 68.4 cm³/mol. The Morgan fingerprint density at radius 3 is 2.40 bits per heavy atom. The highest BCUT2D eigenvalue weighted by atomic mass is 35.5. The second-order valence-electron chi connectivity index (χ2n) is 4.31. The summed E-state index contributed by atoms with van der Waals surface area (Å²) in [5, 5.41) is 0.268. The van der Waals surface area contributed by atoms with Gasteiger partial charge in [0.05, 0.1) is 0 Å². The Hall–Kier alpha value is -1.59. The number of nitrogens with two attached hydrogens (primary N) is 1. The van der Waals surface area contributed by atoms with Crippen LogP contribution in [0, 0.1) is 23.3 Å². The van der Waals surface area contributed by atoms with E-state index in [1.165, 1.54) is 18.2 Å². The molecule has 0 saturated heterocycles. The maximum atomic E-state index is 13.6. The summed E-state index contributed by atoms with van der Waals surface area (Å²) in [5.41, 5.74) is 5.93. The van der Waals surface area contributed by atoms with E-state index in [4.69, 9.17) is 17.3 Å². The molecule has 20 heavy (non-hydrogen) atoms. The van der Waals surface area contributed by atoms with Crippen molar-refractivity contribution in [1.29, 1.82) is 0 Å². The molecule has 0 radical (unpaired) electrons. The van der Waals surface area contributed by atoms with Gasteiger partial charge >= 0.3 is 0 Å². The van der Waals surface area contributed by atoms with Crippen LogP contribution >= 0.6 is 11.6 Å². The molecule has 0 heterocycles. The minimum atomic E-state index is -1.58. The quantitative estimate of drug-likeness (QED) is 0.669. The molecule has 2 aromatic carbocycles. The van der Waals surface area contributed by atoms with Crippen LogP contribution in [-0.2, 0) is 6.42 Å². The molecule has 0 spiro atoms. The number of halogens is 5. The normalized spacial score (nSPS) is 12.5. The van der Waals surface area contributed by atoms with Crippen molar-refractivity contribution in [3.8, 4) is 0 Å². The first-order chi connectivity index (χ1) is 9.40. The summed E-state index contributed by atoms with van der Waals surface area (Å²) in [6, 6.07) is 4.58. The van der Waals surface area contributed by atoms with Gasteiger partial charge in [0.2, 0.25) is 0 Å². The third kappa shape index (κ3) is 2.94. The van der Waals surface area contributed by atoms with E-state index in [-0.39, 0.29) is 17.0 Å². The average molecular weight is 304 g/mol. The number of benzene rings is 2. The van der Waals surface area contributed by atoms with Gasteiger partial charge in [-0.05, 0) is 36.2 Å². The van der Waals surface area contributed by atoms with E-state index in [0.717, 1.165) is 12.1 Å². The zero-order valence-corrected chi connectivity index (χ0v) is 10.9. The van der Waals surface area contributed by atoms with E-state index in [9.17, 15) is 17.6 Å².